The third-order valence-corrected chi connectivity index (χ3v) is 6.70. The second-order valence-electron chi connectivity index (χ2n) is 8.90. The van der Waals surface area contributed by atoms with Gasteiger partial charge in [0.05, 0.1) is 12.6 Å². The highest BCUT2D eigenvalue weighted by Gasteiger charge is 2.26. The Balaban J connectivity index is 1.22. The zero-order chi connectivity index (χ0) is 24.5. The zero-order valence-electron chi connectivity index (χ0n) is 20.2. The van der Waals surface area contributed by atoms with Gasteiger partial charge in [0, 0.05) is 63.7 Å². The molecular weight excluding hydrogens is 460 g/mol. The van der Waals surface area contributed by atoms with Crippen LogP contribution in [0.3, 0.4) is 0 Å². The van der Waals surface area contributed by atoms with E-state index in [2.05, 4.69) is 57.2 Å². The number of piperazine rings is 1. The summed E-state index contributed by atoms with van der Waals surface area (Å²) in [6, 6.07) is 22.9. The Morgan fingerprint density at radius 1 is 0.971 bits per heavy atom. The quantitative estimate of drug-likeness (QED) is 0.398. The van der Waals surface area contributed by atoms with Gasteiger partial charge in [-0.15, -0.1) is 0 Å². The molecule has 1 aliphatic rings. The first-order valence-electron chi connectivity index (χ1n) is 12.1. The van der Waals surface area contributed by atoms with E-state index in [0.29, 0.717) is 13.2 Å². The monoisotopic (exact) mass is 492 g/mol. The van der Waals surface area contributed by atoms with Crippen LogP contribution in [0, 0.1) is 0 Å². The maximum absolute atomic E-state index is 12.4. The molecule has 1 amide bonds. The highest BCUT2D eigenvalue weighted by molar-refractivity contribution is 6.30. The minimum absolute atomic E-state index is 0.0136. The lowest BCUT2D eigenvalue weighted by Crippen LogP contribution is -2.48. The first-order valence-corrected chi connectivity index (χ1v) is 12.5. The van der Waals surface area contributed by atoms with E-state index >= 15 is 0 Å². The van der Waals surface area contributed by atoms with Crippen molar-refractivity contribution < 1.29 is 9.53 Å². The normalized spacial score (nSPS) is 15.6. The lowest BCUT2D eigenvalue weighted by atomic mass is 9.96. The predicted octanol–water partition coefficient (Wildman–Crippen LogP) is 4.12. The van der Waals surface area contributed by atoms with Crippen molar-refractivity contribution in [3.05, 3.63) is 101 Å². The Morgan fingerprint density at radius 3 is 2.31 bits per heavy atom. The van der Waals surface area contributed by atoms with Crippen molar-refractivity contribution in [2.75, 3.05) is 53.0 Å². The fourth-order valence-electron chi connectivity index (χ4n) is 4.45. The molecule has 0 saturated carbocycles. The van der Waals surface area contributed by atoms with Crippen molar-refractivity contribution in [3.63, 3.8) is 0 Å². The van der Waals surface area contributed by atoms with Crippen LogP contribution in [-0.2, 0) is 16.1 Å². The van der Waals surface area contributed by atoms with Crippen molar-refractivity contribution in [1.29, 1.82) is 0 Å². The third kappa shape index (κ3) is 7.36. The standard InChI is InChI=1S/C28H33ClN4O2/c1-31(21-23-11-13-30-14-12-23)27(34)22-35-20-19-32-15-17-33(18-16-32)28(24-5-3-2-4-6-24)25-7-9-26(29)10-8-25/h2-14,28H,15-22H2,1H3. The highest BCUT2D eigenvalue weighted by atomic mass is 35.5. The van der Waals surface area contributed by atoms with Crippen molar-refractivity contribution in [1.82, 2.24) is 19.7 Å². The molecule has 184 valence electrons. The molecule has 1 saturated heterocycles. The Bertz CT molecular complexity index is 1040. The highest BCUT2D eigenvalue weighted by Crippen LogP contribution is 2.30. The summed E-state index contributed by atoms with van der Waals surface area (Å²) in [5.41, 5.74) is 3.61. The summed E-state index contributed by atoms with van der Waals surface area (Å²) in [7, 11) is 1.80. The van der Waals surface area contributed by atoms with Gasteiger partial charge in [-0.1, -0.05) is 54.1 Å². The molecule has 0 aliphatic carbocycles. The van der Waals surface area contributed by atoms with Gasteiger partial charge < -0.3 is 9.64 Å². The molecule has 3 aromatic rings. The van der Waals surface area contributed by atoms with Gasteiger partial charge in [-0.05, 0) is 41.0 Å². The van der Waals surface area contributed by atoms with Crippen LogP contribution in [0.4, 0.5) is 0 Å². The summed E-state index contributed by atoms with van der Waals surface area (Å²) in [5, 5.41) is 0.757. The van der Waals surface area contributed by atoms with Crippen LogP contribution in [0.25, 0.3) is 0 Å². The third-order valence-electron chi connectivity index (χ3n) is 6.45. The summed E-state index contributed by atoms with van der Waals surface area (Å²) < 4.78 is 5.71. The molecule has 0 radical (unpaired) electrons. The van der Waals surface area contributed by atoms with Crippen LogP contribution in [0.5, 0.6) is 0 Å². The Morgan fingerprint density at radius 2 is 1.63 bits per heavy atom. The molecule has 1 aliphatic heterocycles. The molecular formula is C28H33ClN4O2. The number of aromatic nitrogens is 1. The topological polar surface area (TPSA) is 48.9 Å². The van der Waals surface area contributed by atoms with Crippen LogP contribution in [-0.4, -0.2) is 78.6 Å². The van der Waals surface area contributed by atoms with Gasteiger partial charge in [-0.25, -0.2) is 0 Å². The molecule has 2 heterocycles. The number of hydrogen-bond acceptors (Lipinski definition) is 5. The molecule has 2 aromatic carbocycles. The first kappa shape index (κ1) is 25.3. The average molecular weight is 493 g/mol. The molecule has 6 nitrogen and oxygen atoms in total. The van der Waals surface area contributed by atoms with E-state index in [-0.39, 0.29) is 18.6 Å². The Labute approximate surface area is 213 Å². The number of likely N-dealkylation sites (N-methyl/N-ethyl adjacent to an activating group) is 1. The van der Waals surface area contributed by atoms with Gasteiger partial charge in [0.15, 0.2) is 0 Å². The number of nitrogens with zero attached hydrogens (tertiary/aromatic N) is 4. The van der Waals surface area contributed by atoms with Crippen LogP contribution < -0.4 is 0 Å². The minimum atomic E-state index is -0.0136. The number of amides is 1. The summed E-state index contributed by atoms with van der Waals surface area (Å²) in [6.07, 6.45) is 3.48. The molecule has 1 aromatic heterocycles. The lowest BCUT2D eigenvalue weighted by molar-refractivity contribution is -0.135. The second kappa shape index (κ2) is 12.8. The number of benzene rings is 2. The maximum Gasteiger partial charge on any atom is 0.248 e. The van der Waals surface area contributed by atoms with Gasteiger partial charge >= 0.3 is 0 Å². The maximum atomic E-state index is 12.4. The van der Waals surface area contributed by atoms with E-state index in [4.69, 9.17) is 16.3 Å². The molecule has 0 N–H and O–H groups in total. The van der Waals surface area contributed by atoms with Gasteiger partial charge in [0.1, 0.15) is 6.61 Å². The molecule has 7 heteroatoms. The summed E-state index contributed by atoms with van der Waals surface area (Å²) in [5.74, 6) is -0.0136. The molecule has 0 bridgehead atoms. The minimum Gasteiger partial charge on any atom is -0.370 e. The Hall–Kier alpha value is -2.77. The SMILES string of the molecule is CN(Cc1ccncc1)C(=O)COCCN1CCN(C(c2ccccc2)c2ccc(Cl)cc2)CC1. The molecule has 1 unspecified atom stereocenters. The average Bonchev–Trinajstić information content (AvgIpc) is 2.90. The first-order chi connectivity index (χ1) is 17.1. The van der Waals surface area contributed by atoms with E-state index in [1.165, 1.54) is 11.1 Å². The predicted molar refractivity (Wildman–Crippen MR) is 139 cm³/mol. The number of hydrogen-bond donors (Lipinski definition) is 0. The van der Waals surface area contributed by atoms with Crippen LogP contribution in [0.2, 0.25) is 5.02 Å². The molecule has 0 spiro atoms. The fraction of sp³-hybridized carbons (Fsp3) is 0.357. The van der Waals surface area contributed by atoms with E-state index < -0.39 is 0 Å². The molecule has 1 atom stereocenters. The van der Waals surface area contributed by atoms with E-state index in [1.807, 2.05) is 24.3 Å². The Kier molecular flexibility index (Phi) is 9.26. The second-order valence-corrected chi connectivity index (χ2v) is 9.34. The van der Waals surface area contributed by atoms with Crippen LogP contribution in [0.15, 0.2) is 79.1 Å². The van der Waals surface area contributed by atoms with Gasteiger partial charge in [-0.3, -0.25) is 19.6 Å². The zero-order valence-corrected chi connectivity index (χ0v) is 21.0. The van der Waals surface area contributed by atoms with Gasteiger partial charge in [0.25, 0.3) is 0 Å². The molecule has 1 fully saturated rings. The van der Waals surface area contributed by atoms with E-state index in [1.54, 1.807) is 24.3 Å². The fourth-order valence-corrected chi connectivity index (χ4v) is 4.58. The van der Waals surface area contributed by atoms with Gasteiger partial charge in [-0.2, -0.15) is 0 Å². The number of rotatable bonds is 10. The van der Waals surface area contributed by atoms with Crippen LogP contribution >= 0.6 is 11.6 Å². The van der Waals surface area contributed by atoms with E-state index in [9.17, 15) is 4.79 Å². The largest absolute Gasteiger partial charge is 0.370 e. The summed E-state index contributed by atoms with van der Waals surface area (Å²) >= 11 is 6.14. The summed E-state index contributed by atoms with van der Waals surface area (Å²) in [6.45, 7) is 5.91. The number of pyridine rings is 1. The van der Waals surface area contributed by atoms with Gasteiger partial charge in [0.2, 0.25) is 5.91 Å². The molecule has 35 heavy (non-hydrogen) atoms. The lowest BCUT2D eigenvalue weighted by Gasteiger charge is -2.39. The number of carbonyl (C=O) groups is 1. The van der Waals surface area contributed by atoms with Crippen molar-refractivity contribution in [3.8, 4) is 0 Å². The van der Waals surface area contributed by atoms with Crippen LogP contribution in [0.1, 0.15) is 22.7 Å². The van der Waals surface area contributed by atoms with E-state index in [0.717, 1.165) is 43.3 Å². The number of halogens is 1. The smallest absolute Gasteiger partial charge is 0.248 e. The van der Waals surface area contributed by atoms with Crippen molar-refractivity contribution in [2.24, 2.45) is 0 Å². The number of carbonyl (C=O) groups excluding carboxylic acids is 1. The number of ether oxygens (including phenoxy) is 1. The van der Waals surface area contributed by atoms with Crippen molar-refractivity contribution >= 4 is 17.5 Å². The summed E-state index contributed by atoms with van der Waals surface area (Å²) in [4.78, 5) is 23.0. The van der Waals surface area contributed by atoms with Crippen molar-refractivity contribution in [2.45, 2.75) is 12.6 Å². The molecule has 4 rings (SSSR count).